The van der Waals surface area contributed by atoms with Crippen LogP contribution in [0.5, 0.6) is 5.75 Å². The van der Waals surface area contributed by atoms with E-state index in [1.54, 1.807) is 18.2 Å². The maximum absolute atomic E-state index is 13.0. The van der Waals surface area contributed by atoms with Crippen molar-refractivity contribution in [2.75, 3.05) is 29.8 Å². The first-order valence-corrected chi connectivity index (χ1v) is 11.3. The fraction of sp³-hybridized carbons (Fsp3) is 0.409. The van der Waals surface area contributed by atoms with Crippen LogP contribution in [0.3, 0.4) is 0 Å². The molecule has 0 aliphatic carbocycles. The van der Waals surface area contributed by atoms with E-state index in [2.05, 4.69) is 37.3 Å². The van der Waals surface area contributed by atoms with E-state index in [0.29, 0.717) is 36.4 Å². The number of hydrogen-bond donors (Lipinski definition) is 2. The van der Waals surface area contributed by atoms with Crippen molar-refractivity contribution in [1.82, 2.24) is 0 Å². The largest absolute Gasteiger partial charge is 0.497 e. The van der Waals surface area contributed by atoms with Crippen LogP contribution < -0.4 is 14.4 Å². The molecule has 0 heterocycles. The quantitative estimate of drug-likeness (QED) is 0.578. The number of methoxy groups -OCH3 is 1. The Kier molecular flexibility index (Phi) is 7.72. The number of carboxylic acid groups (broad SMARTS) is 1. The lowest BCUT2D eigenvalue weighted by Crippen LogP contribution is -2.32. The van der Waals surface area contributed by atoms with Crippen LogP contribution in [0, 0.1) is 11.8 Å². The van der Waals surface area contributed by atoms with Crippen molar-refractivity contribution in [2.24, 2.45) is 11.8 Å². The molecule has 0 saturated carbocycles. The minimum Gasteiger partial charge on any atom is -0.497 e. The Morgan fingerprint density at radius 2 is 1.60 bits per heavy atom. The van der Waals surface area contributed by atoms with Gasteiger partial charge in [-0.2, -0.15) is 0 Å². The highest BCUT2D eigenvalue weighted by atomic mass is 32.2. The molecule has 0 amide bonds. The van der Waals surface area contributed by atoms with E-state index in [9.17, 15) is 18.3 Å². The third kappa shape index (κ3) is 6.13. The summed E-state index contributed by atoms with van der Waals surface area (Å²) in [5, 5.41) is 9.40. The number of carbonyl (C=O) groups is 1. The van der Waals surface area contributed by atoms with E-state index < -0.39 is 16.0 Å². The molecule has 0 aliphatic heterocycles. The van der Waals surface area contributed by atoms with Crippen molar-refractivity contribution in [3.05, 3.63) is 48.0 Å². The van der Waals surface area contributed by atoms with Gasteiger partial charge in [0.25, 0.3) is 10.0 Å². The van der Waals surface area contributed by atoms with E-state index in [-0.39, 0.29) is 16.1 Å². The van der Waals surface area contributed by atoms with Gasteiger partial charge in [-0.3, -0.25) is 4.72 Å². The molecule has 0 aromatic heterocycles. The summed E-state index contributed by atoms with van der Waals surface area (Å²) in [5.41, 5.74) is 0.909. The number of anilines is 2. The molecule has 2 aromatic carbocycles. The molecule has 0 bridgehead atoms. The molecule has 0 atom stereocenters. The smallest absolute Gasteiger partial charge is 0.335 e. The third-order valence-corrected chi connectivity index (χ3v) is 5.75. The van der Waals surface area contributed by atoms with Gasteiger partial charge in [0.1, 0.15) is 5.75 Å². The van der Waals surface area contributed by atoms with Gasteiger partial charge in [0.2, 0.25) is 0 Å². The Morgan fingerprint density at radius 3 is 2.07 bits per heavy atom. The molecule has 2 rings (SSSR count). The standard InChI is InChI=1S/C22H30N2O5S/c1-15(2)13-24(14-16(3)4)21-11-6-17(22(25)26)12-20(21)23-30(27,28)19-9-7-18(29-5)8-10-19/h6-12,15-16,23H,13-14H2,1-5H3,(H,25,26). The molecule has 2 aromatic rings. The number of rotatable bonds is 10. The summed E-state index contributed by atoms with van der Waals surface area (Å²) in [6.45, 7) is 9.75. The maximum Gasteiger partial charge on any atom is 0.335 e. The second kappa shape index (κ2) is 9.84. The van der Waals surface area contributed by atoms with E-state index in [1.165, 1.54) is 31.4 Å². The number of benzene rings is 2. The number of nitrogens with zero attached hydrogens (tertiary/aromatic N) is 1. The average Bonchev–Trinajstić information content (AvgIpc) is 2.66. The second-order valence-corrected chi connectivity index (χ2v) is 9.69. The molecule has 2 N–H and O–H groups in total. The highest BCUT2D eigenvalue weighted by Crippen LogP contribution is 2.31. The molecule has 0 saturated heterocycles. The monoisotopic (exact) mass is 434 g/mol. The molecule has 0 radical (unpaired) electrons. The summed E-state index contributed by atoms with van der Waals surface area (Å²) in [6.07, 6.45) is 0. The average molecular weight is 435 g/mol. The van der Waals surface area contributed by atoms with Crippen LogP contribution in [0.15, 0.2) is 47.4 Å². The molecular weight excluding hydrogens is 404 g/mol. The molecule has 7 nitrogen and oxygen atoms in total. The van der Waals surface area contributed by atoms with Crippen molar-refractivity contribution in [3.63, 3.8) is 0 Å². The number of hydrogen-bond acceptors (Lipinski definition) is 5. The molecule has 30 heavy (non-hydrogen) atoms. The van der Waals surface area contributed by atoms with Gasteiger partial charge in [0.15, 0.2) is 0 Å². The number of ether oxygens (including phenoxy) is 1. The summed E-state index contributed by atoms with van der Waals surface area (Å²) in [5.74, 6) is 0.108. The topological polar surface area (TPSA) is 95.9 Å². The molecule has 8 heteroatoms. The SMILES string of the molecule is COc1ccc(S(=O)(=O)Nc2cc(C(=O)O)ccc2N(CC(C)C)CC(C)C)cc1. The van der Waals surface area contributed by atoms with E-state index >= 15 is 0 Å². The van der Waals surface area contributed by atoms with Gasteiger partial charge in [-0.1, -0.05) is 27.7 Å². The highest BCUT2D eigenvalue weighted by molar-refractivity contribution is 7.92. The van der Waals surface area contributed by atoms with Gasteiger partial charge in [0, 0.05) is 13.1 Å². The van der Waals surface area contributed by atoms with Crippen molar-refractivity contribution < 1.29 is 23.1 Å². The van der Waals surface area contributed by atoms with Gasteiger partial charge < -0.3 is 14.7 Å². The molecule has 0 spiro atoms. The van der Waals surface area contributed by atoms with Crippen LogP contribution in [0.4, 0.5) is 11.4 Å². The van der Waals surface area contributed by atoms with Gasteiger partial charge in [-0.25, -0.2) is 13.2 Å². The first kappa shape index (κ1) is 23.5. The molecule has 0 aliphatic rings. The molecule has 0 fully saturated rings. The van der Waals surface area contributed by atoms with Crippen molar-refractivity contribution in [2.45, 2.75) is 32.6 Å². The summed E-state index contributed by atoms with van der Waals surface area (Å²) in [4.78, 5) is 13.6. The summed E-state index contributed by atoms with van der Waals surface area (Å²) >= 11 is 0. The minimum atomic E-state index is -3.92. The number of nitrogens with one attached hydrogen (secondary N) is 1. The molecule has 0 unspecified atom stereocenters. The first-order valence-electron chi connectivity index (χ1n) is 9.82. The predicted octanol–water partition coefficient (Wildman–Crippen LogP) is 4.31. The van der Waals surface area contributed by atoms with Crippen molar-refractivity contribution in [1.29, 1.82) is 0 Å². The lowest BCUT2D eigenvalue weighted by Gasteiger charge is -2.30. The van der Waals surface area contributed by atoms with Crippen LogP contribution in [-0.2, 0) is 10.0 Å². The Balaban J connectivity index is 2.51. The third-order valence-electron chi connectivity index (χ3n) is 4.37. The van der Waals surface area contributed by atoms with Crippen molar-refractivity contribution in [3.8, 4) is 5.75 Å². The normalized spacial score (nSPS) is 11.6. The fourth-order valence-electron chi connectivity index (χ4n) is 3.14. The summed E-state index contributed by atoms with van der Waals surface area (Å²) < 4.78 is 33.6. The maximum atomic E-state index is 13.0. The van der Waals surface area contributed by atoms with E-state index in [0.717, 1.165) is 0 Å². The Labute approximate surface area is 178 Å². The Bertz CT molecular complexity index is 960. The molecule has 164 valence electrons. The van der Waals surface area contributed by atoms with Gasteiger partial charge in [-0.15, -0.1) is 0 Å². The van der Waals surface area contributed by atoms with Crippen LogP contribution in [0.2, 0.25) is 0 Å². The number of sulfonamides is 1. The minimum absolute atomic E-state index is 0.0141. The van der Waals surface area contributed by atoms with Crippen LogP contribution in [0.1, 0.15) is 38.1 Å². The Hall–Kier alpha value is -2.74. The second-order valence-electron chi connectivity index (χ2n) is 8.01. The zero-order valence-electron chi connectivity index (χ0n) is 18.0. The molecular formula is C22H30N2O5S. The fourth-order valence-corrected chi connectivity index (χ4v) is 4.20. The lowest BCUT2D eigenvalue weighted by molar-refractivity contribution is 0.0697. The lowest BCUT2D eigenvalue weighted by atomic mass is 10.1. The predicted molar refractivity (Wildman–Crippen MR) is 119 cm³/mol. The first-order chi connectivity index (χ1) is 14.0. The van der Waals surface area contributed by atoms with Gasteiger partial charge in [-0.05, 0) is 54.3 Å². The highest BCUT2D eigenvalue weighted by Gasteiger charge is 2.21. The zero-order chi connectivity index (χ0) is 22.5. The van der Waals surface area contributed by atoms with E-state index in [4.69, 9.17) is 4.74 Å². The zero-order valence-corrected chi connectivity index (χ0v) is 18.9. The summed E-state index contributed by atoms with van der Waals surface area (Å²) in [6, 6.07) is 10.5. The van der Waals surface area contributed by atoms with Crippen LogP contribution in [0.25, 0.3) is 0 Å². The number of aromatic carboxylic acids is 1. The Morgan fingerprint density at radius 1 is 1.03 bits per heavy atom. The van der Waals surface area contributed by atoms with Crippen LogP contribution in [-0.4, -0.2) is 39.7 Å². The summed E-state index contributed by atoms with van der Waals surface area (Å²) in [7, 11) is -2.42. The van der Waals surface area contributed by atoms with Gasteiger partial charge >= 0.3 is 5.97 Å². The van der Waals surface area contributed by atoms with Crippen molar-refractivity contribution >= 4 is 27.4 Å². The van der Waals surface area contributed by atoms with Gasteiger partial charge in [0.05, 0.1) is 28.9 Å². The van der Waals surface area contributed by atoms with E-state index in [1.807, 2.05) is 0 Å². The number of carboxylic acids is 1. The van der Waals surface area contributed by atoms with Crippen LogP contribution >= 0.6 is 0 Å².